The lowest BCUT2D eigenvalue weighted by molar-refractivity contribution is -0.137. The van der Waals surface area contributed by atoms with Crippen molar-refractivity contribution in [1.82, 2.24) is 10.2 Å². The van der Waals surface area contributed by atoms with Gasteiger partial charge in [0, 0.05) is 25.0 Å². The van der Waals surface area contributed by atoms with Crippen molar-refractivity contribution in [2.24, 2.45) is 11.8 Å². The van der Waals surface area contributed by atoms with E-state index in [1.165, 1.54) is 32.1 Å². The van der Waals surface area contributed by atoms with E-state index in [2.05, 4.69) is 17.1 Å². The summed E-state index contributed by atoms with van der Waals surface area (Å²) in [7, 11) is 2.01. The van der Waals surface area contributed by atoms with E-state index in [0.717, 1.165) is 44.7 Å². The number of nitrogens with one attached hydrogen (secondary N) is 1. The van der Waals surface area contributed by atoms with Gasteiger partial charge in [0.15, 0.2) is 0 Å². The van der Waals surface area contributed by atoms with E-state index in [1.54, 1.807) is 0 Å². The third-order valence-electron chi connectivity index (χ3n) is 5.22. The van der Waals surface area contributed by atoms with Gasteiger partial charge in [-0.15, -0.1) is 12.4 Å². The summed E-state index contributed by atoms with van der Waals surface area (Å²) in [5.41, 5.74) is 0. The topological polar surface area (TPSA) is 32.3 Å². The van der Waals surface area contributed by atoms with Crippen LogP contribution in [0.15, 0.2) is 0 Å². The number of likely N-dealkylation sites (N-methyl/N-ethyl adjacent to an activating group) is 1. The van der Waals surface area contributed by atoms with Gasteiger partial charge in [0.1, 0.15) is 0 Å². The Labute approximate surface area is 136 Å². The fourth-order valence-corrected chi connectivity index (χ4v) is 4.01. The molecule has 4 heteroatoms. The Hall–Kier alpha value is -0.280. The number of hydrogen-bond acceptors (Lipinski definition) is 2. The van der Waals surface area contributed by atoms with E-state index in [0.29, 0.717) is 17.9 Å². The molecule has 0 radical (unpaired) electrons. The van der Waals surface area contributed by atoms with Gasteiger partial charge in [-0.25, -0.2) is 0 Å². The van der Waals surface area contributed by atoms with Gasteiger partial charge in [-0.2, -0.15) is 0 Å². The summed E-state index contributed by atoms with van der Waals surface area (Å²) >= 11 is 0. The summed E-state index contributed by atoms with van der Waals surface area (Å²) in [6, 6.07) is 0.501. The van der Waals surface area contributed by atoms with Crippen molar-refractivity contribution in [2.45, 2.75) is 70.8 Å². The minimum Gasteiger partial charge on any atom is -0.341 e. The Morgan fingerprint density at radius 2 is 1.95 bits per heavy atom. The number of piperidine rings is 1. The highest BCUT2D eigenvalue weighted by atomic mass is 35.5. The van der Waals surface area contributed by atoms with E-state index in [1.807, 2.05) is 7.05 Å². The first-order valence-electron chi connectivity index (χ1n) is 8.70. The summed E-state index contributed by atoms with van der Waals surface area (Å²) in [4.78, 5) is 15.0. The molecule has 1 N–H and O–H groups in total. The van der Waals surface area contributed by atoms with Crippen molar-refractivity contribution in [3.8, 4) is 0 Å². The number of carbonyl (C=O) groups excluding carboxylic acids is 1. The zero-order valence-corrected chi connectivity index (χ0v) is 14.6. The fraction of sp³-hybridized carbons (Fsp3) is 0.941. The first kappa shape index (κ1) is 18.8. The first-order chi connectivity index (χ1) is 9.74. The van der Waals surface area contributed by atoms with E-state index < -0.39 is 0 Å². The van der Waals surface area contributed by atoms with Crippen molar-refractivity contribution < 1.29 is 4.79 Å². The molecule has 1 amide bonds. The van der Waals surface area contributed by atoms with Gasteiger partial charge in [-0.05, 0) is 38.6 Å². The Morgan fingerprint density at radius 3 is 2.57 bits per heavy atom. The number of amides is 1. The molecule has 21 heavy (non-hydrogen) atoms. The van der Waals surface area contributed by atoms with Crippen LogP contribution in [0.1, 0.15) is 64.7 Å². The molecular weight excluding hydrogens is 284 g/mol. The molecule has 124 valence electrons. The second kappa shape index (κ2) is 9.68. The Balaban J connectivity index is 0.00000220. The molecular formula is C17H33ClN2O. The molecule has 0 aromatic heterocycles. The Morgan fingerprint density at radius 1 is 1.24 bits per heavy atom. The minimum absolute atomic E-state index is 0. The molecule has 2 unspecified atom stereocenters. The quantitative estimate of drug-likeness (QED) is 0.811. The first-order valence-corrected chi connectivity index (χ1v) is 8.70. The second-order valence-electron chi connectivity index (χ2n) is 6.78. The van der Waals surface area contributed by atoms with Crippen molar-refractivity contribution in [2.75, 3.05) is 20.1 Å². The molecule has 0 aromatic rings. The van der Waals surface area contributed by atoms with Crippen LogP contribution in [0.4, 0.5) is 0 Å². The number of nitrogens with zero attached hydrogens (tertiary/aromatic N) is 1. The predicted octanol–water partition coefficient (Wildman–Crippen LogP) is 3.62. The van der Waals surface area contributed by atoms with Gasteiger partial charge in [0.2, 0.25) is 5.91 Å². The van der Waals surface area contributed by atoms with Crippen LogP contribution in [0.25, 0.3) is 0 Å². The lowest BCUT2D eigenvalue weighted by Crippen LogP contribution is -2.49. The molecule has 2 rings (SSSR count). The molecule has 1 heterocycles. The maximum absolute atomic E-state index is 12.8. The zero-order chi connectivity index (χ0) is 14.4. The number of likely N-dealkylation sites (tertiary alicyclic amines) is 1. The predicted molar refractivity (Wildman–Crippen MR) is 90.9 cm³/mol. The maximum atomic E-state index is 12.8. The monoisotopic (exact) mass is 316 g/mol. The van der Waals surface area contributed by atoms with Crippen molar-refractivity contribution >= 4 is 18.3 Å². The molecule has 1 aliphatic heterocycles. The molecule has 2 fully saturated rings. The minimum atomic E-state index is 0. The molecule has 0 aromatic carbocycles. The highest BCUT2D eigenvalue weighted by Crippen LogP contribution is 2.32. The normalized spacial score (nSPS) is 24.7. The fourth-order valence-electron chi connectivity index (χ4n) is 4.01. The maximum Gasteiger partial charge on any atom is 0.225 e. The molecule has 1 saturated heterocycles. The lowest BCUT2D eigenvalue weighted by Gasteiger charge is -2.35. The van der Waals surface area contributed by atoms with Crippen LogP contribution in [0.2, 0.25) is 0 Å². The Kier molecular flexibility index (Phi) is 8.65. The number of hydrogen-bond donors (Lipinski definition) is 1. The van der Waals surface area contributed by atoms with Crippen LogP contribution < -0.4 is 5.32 Å². The summed E-state index contributed by atoms with van der Waals surface area (Å²) in [6.07, 6.45) is 11.2. The second-order valence-corrected chi connectivity index (χ2v) is 6.78. The van der Waals surface area contributed by atoms with Crippen molar-refractivity contribution in [1.29, 1.82) is 0 Å². The van der Waals surface area contributed by atoms with Crippen LogP contribution in [0.3, 0.4) is 0 Å². The summed E-state index contributed by atoms with van der Waals surface area (Å²) in [5, 5.41) is 3.34. The SMILES string of the molecule is CCCC(CC1CCCC1)C(=O)N1CCCC(NC)C1.Cl. The van der Waals surface area contributed by atoms with Gasteiger partial charge in [0.05, 0.1) is 0 Å². The molecule has 2 aliphatic rings. The van der Waals surface area contributed by atoms with Crippen LogP contribution in [0.5, 0.6) is 0 Å². The number of carbonyl (C=O) groups is 1. The molecule has 1 saturated carbocycles. The summed E-state index contributed by atoms with van der Waals surface area (Å²) in [6.45, 7) is 4.10. The van der Waals surface area contributed by atoms with Gasteiger partial charge in [-0.3, -0.25) is 4.79 Å². The molecule has 3 nitrogen and oxygen atoms in total. The van der Waals surface area contributed by atoms with Gasteiger partial charge in [0.25, 0.3) is 0 Å². The molecule has 2 atom stereocenters. The highest BCUT2D eigenvalue weighted by Gasteiger charge is 2.30. The van der Waals surface area contributed by atoms with Gasteiger partial charge >= 0.3 is 0 Å². The van der Waals surface area contributed by atoms with Crippen LogP contribution in [0, 0.1) is 11.8 Å². The third-order valence-corrected chi connectivity index (χ3v) is 5.22. The van der Waals surface area contributed by atoms with Crippen LogP contribution >= 0.6 is 12.4 Å². The number of rotatable bonds is 6. The van der Waals surface area contributed by atoms with Crippen molar-refractivity contribution in [3.05, 3.63) is 0 Å². The van der Waals surface area contributed by atoms with E-state index in [4.69, 9.17) is 0 Å². The highest BCUT2D eigenvalue weighted by molar-refractivity contribution is 5.85. The molecule has 1 aliphatic carbocycles. The third kappa shape index (κ3) is 5.45. The van der Waals surface area contributed by atoms with E-state index in [9.17, 15) is 4.79 Å². The lowest BCUT2D eigenvalue weighted by atomic mass is 9.88. The average Bonchev–Trinajstić information content (AvgIpc) is 2.99. The van der Waals surface area contributed by atoms with E-state index >= 15 is 0 Å². The average molecular weight is 317 g/mol. The van der Waals surface area contributed by atoms with Crippen LogP contribution in [-0.4, -0.2) is 37.0 Å². The molecule has 0 bridgehead atoms. The Bertz CT molecular complexity index is 305. The van der Waals surface area contributed by atoms with Crippen LogP contribution in [-0.2, 0) is 4.79 Å². The zero-order valence-electron chi connectivity index (χ0n) is 13.8. The summed E-state index contributed by atoms with van der Waals surface area (Å²) in [5.74, 6) is 1.55. The van der Waals surface area contributed by atoms with E-state index in [-0.39, 0.29) is 12.4 Å². The van der Waals surface area contributed by atoms with Crippen molar-refractivity contribution in [3.63, 3.8) is 0 Å². The molecule has 0 spiro atoms. The largest absolute Gasteiger partial charge is 0.341 e. The van der Waals surface area contributed by atoms with Gasteiger partial charge < -0.3 is 10.2 Å². The smallest absolute Gasteiger partial charge is 0.225 e. The number of halogens is 1. The van der Waals surface area contributed by atoms with Gasteiger partial charge in [-0.1, -0.05) is 39.0 Å². The standard InChI is InChI=1S/C17H32N2O.ClH/c1-3-7-15(12-14-8-4-5-9-14)17(20)19-11-6-10-16(13-19)18-2;/h14-16,18H,3-13H2,1-2H3;1H. The summed E-state index contributed by atoms with van der Waals surface area (Å²) < 4.78 is 0.